The smallest absolute Gasteiger partial charge is 0.254 e. The average Bonchev–Trinajstić information content (AvgIpc) is 3.08. The standard InChI is InChI=1S/C15H17N3OS/c19-15-11-5-6-18(8-10-3-4-10)9-12(11)16-14(17-15)13-2-1-7-20-13/h1-2,7,10H,3-6,8-9H2,(H,16,17,19). The van der Waals surface area contributed by atoms with E-state index < -0.39 is 0 Å². The fraction of sp³-hybridized carbons (Fsp3) is 0.467. The lowest BCUT2D eigenvalue weighted by Gasteiger charge is -2.27. The van der Waals surface area contributed by atoms with E-state index in [4.69, 9.17) is 4.98 Å². The molecule has 0 saturated heterocycles. The number of aromatic nitrogens is 2. The summed E-state index contributed by atoms with van der Waals surface area (Å²) in [6.45, 7) is 2.99. The fourth-order valence-corrected chi connectivity index (χ4v) is 3.51. The van der Waals surface area contributed by atoms with Crippen molar-refractivity contribution >= 4 is 11.3 Å². The minimum atomic E-state index is 0.0458. The maximum Gasteiger partial charge on any atom is 0.254 e. The predicted molar refractivity (Wildman–Crippen MR) is 79.9 cm³/mol. The van der Waals surface area contributed by atoms with Gasteiger partial charge in [0.15, 0.2) is 5.82 Å². The molecule has 0 amide bonds. The largest absolute Gasteiger partial charge is 0.306 e. The van der Waals surface area contributed by atoms with Gasteiger partial charge in [0.05, 0.1) is 10.6 Å². The zero-order valence-corrected chi connectivity index (χ0v) is 12.1. The van der Waals surface area contributed by atoms with E-state index in [0.29, 0.717) is 0 Å². The lowest BCUT2D eigenvalue weighted by atomic mass is 10.1. The lowest BCUT2D eigenvalue weighted by molar-refractivity contribution is 0.239. The second-order valence-corrected chi connectivity index (χ2v) is 6.69. The Morgan fingerprint density at radius 3 is 3.10 bits per heavy atom. The third kappa shape index (κ3) is 2.31. The van der Waals surface area contributed by atoms with Crippen molar-refractivity contribution in [1.29, 1.82) is 0 Å². The van der Waals surface area contributed by atoms with Crippen molar-refractivity contribution in [2.45, 2.75) is 25.8 Å². The van der Waals surface area contributed by atoms with Gasteiger partial charge in [-0.15, -0.1) is 11.3 Å². The Bertz CT molecular complexity index is 673. The summed E-state index contributed by atoms with van der Waals surface area (Å²) in [5.74, 6) is 1.60. The van der Waals surface area contributed by atoms with Crippen molar-refractivity contribution in [3.63, 3.8) is 0 Å². The topological polar surface area (TPSA) is 49.0 Å². The van der Waals surface area contributed by atoms with Crippen molar-refractivity contribution in [2.24, 2.45) is 5.92 Å². The molecule has 3 heterocycles. The number of aromatic amines is 1. The van der Waals surface area contributed by atoms with Gasteiger partial charge < -0.3 is 4.98 Å². The van der Waals surface area contributed by atoms with Crippen LogP contribution in [0.15, 0.2) is 22.3 Å². The molecular formula is C15H17N3OS. The Hall–Kier alpha value is -1.46. The molecule has 1 fully saturated rings. The zero-order valence-electron chi connectivity index (χ0n) is 11.3. The molecule has 0 spiro atoms. The van der Waals surface area contributed by atoms with Crippen molar-refractivity contribution in [3.8, 4) is 10.7 Å². The molecule has 20 heavy (non-hydrogen) atoms. The van der Waals surface area contributed by atoms with Gasteiger partial charge in [-0.3, -0.25) is 9.69 Å². The second kappa shape index (κ2) is 4.82. The summed E-state index contributed by atoms with van der Waals surface area (Å²) in [7, 11) is 0. The normalized spacial score (nSPS) is 19.0. The highest BCUT2D eigenvalue weighted by molar-refractivity contribution is 7.13. The zero-order chi connectivity index (χ0) is 13.5. The second-order valence-electron chi connectivity index (χ2n) is 5.75. The molecule has 5 heteroatoms. The SMILES string of the molecule is O=c1[nH]c(-c2cccs2)nc2c1CCN(CC1CC1)C2. The Morgan fingerprint density at radius 1 is 1.45 bits per heavy atom. The number of hydrogen-bond donors (Lipinski definition) is 1. The van der Waals surface area contributed by atoms with Crippen LogP contribution >= 0.6 is 11.3 Å². The van der Waals surface area contributed by atoms with Crippen LogP contribution in [0.2, 0.25) is 0 Å². The summed E-state index contributed by atoms with van der Waals surface area (Å²) >= 11 is 1.61. The number of nitrogens with one attached hydrogen (secondary N) is 1. The first-order valence-electron chi connectivity index (χ1n) is 7.18. The summed E-state index contributed by atoms with van der Waals surface area (Å²) in [4.78, 5) is 23.3. The van der Waals surface area contributed by atoms with Crippen LogP contribution in [0.1, 0.15) is 24.1 Å². The summed E-state index contributed by atoms with van der Waals surface area (Å²) in [5, 5.41) is 2.01. The van der Waals surface area contributed by atoms with Crippen LogP contribution in [0, 0.1) is 5.92 Å². The van der Waals surface area contributed by atoms with Gasteiger partial charge in [-0.2, -0.15) is 0 Å². The first-order valence-corrected chi connectivity index (χ1v) is 8.06. The average molecular weight is 287 g/mol. The highest BCUT2D eigenvalue weighted by Crippen LogP contribution is 2.31. The molecule has 2 aromatic rings. The van der Waals surface area contributed by atoms with Crippen LogP contribution in [-0.4, -0.2) is 28.0 Å². The van der Waals surface area contributed by atoms with E-state index in [2.05, 4.69) is 9.88 Å². The third-order valence-corrected chi connectivity index (χ3v) is 5.00. The molecule has 0 aromatic carbocycles. The first-order chi connectivity index (χ1) is 9.79. The van der Waals surface area contributed by atoms with Gasteiger partial charge in [0.25, 0.3) is 5.56 Å². The van der Waals surface area contributed by atoms with Gasteiger partial charge in [0, 0.05) is 25.2 Å². The van der Waals surface area contributed by atoms with E-state index in [1.807, 2.05) is 17.5 Å². The summed E-state index contributed by atoms with van der Waals surface area (Å²) < 4.78 is 0. The van der Waals surface area contributed by atoms with Gasteiger partial charge in [0.1, 0.15) is 0 Å². The molecule has 0 radical (unpaired) electrons. The number of nitrogens with zero attached hydrogens (tertiary/aromatic N) is 2. The predicted octanol–water partition coefficient (Wildman–Crippen LogP) is 2.27. The van der Waals surface area contributed by atoms with Crippen LogP contribution in [0.25, 0.3) is 10.7 Å². The monoisotopic (exact) mass is 287 g/mol. The first kappa shape index (κ1) is 12.3. The highest BCUT2D eigenvalue weighted by Gasteiger charge is 2.27. The Morgan fingerprint density at radius 2 is 2.35 bits per heavy atom. The fourth-order valence-electron chi connectivity index (χ4n) is 2.85. The van der Waals surface area contributed by atoms with E-state index in [1.54, 1.807) is 11.3 Å². The molecule has 1 aliphatic heterocycles. The number of fused-ring (bicyclic) bond motifs is 1. The van der Waals surface area contributed by atoms with Gasteiger partial charge in [-0.1, -0.05) is 6.07 Å². The van der Waals surface area contributed by atoms with Crippen molar-refractivity contribution in [3.05, 3.63) is 39.1 Å². The minimum Gasteiger partial charge on any atom is -0.306 e. The summed E-state index contributed by atoms with van der Waals surface area (Å²) in [6.07, 6.45) is 3.56. The molecule has 1 aliphatic carbocycles. The molecule has 2 aliphatic rings. The molecule has 104 valence electrons. The van der Waals surface area contributed by atoms with E-state index in [1.165, 1.54) is 19.4 Å². The molecule has 1 saturated carbocycles. The minimum absolute atomic E-state index is 0.0458. The summed E-state index contributed by atoms with van der Waals surface area (Å²) in [5.41, 5.74) is 1.91. The van der Waals surface area contributed by atoms with Crippen LogP contribution in [0.4, 0.5) is 0 Å². The van der Waals surface area contributed by atoms with Crippen LogP contribution < -0.4 is 5.56 Å². The summed E-state index contributed by atoms with van der Waals surface area (Å²) in [6, 6.07) is 3.99. The quantitative estimate of drug-likeness (QED) is 0.942. The third-order valence-electron chi connectivity index (χ3n) is 4.12. The molecule has 4 nitrogen and oxygen atoms in total. The maximum atomic E-state index is 12.2. The van der Waals surface area contributed by atoms with E-state index in [9.17, 15) is 4.79 Å². The van der Waals surface area contributed by atoms with Gasteiger partial charge >= 0.3 is 0 Å². The molecule has 0 unspecified atom stereocenters. The Labute approximate surface area is 121 Å². The molecule has 0 bridgehead atoms. The number of hydrogen-bond acceptors (Lipinski definition) is 4. The number of rotatable bonds is 3. The van der Waals surface area contributed by atoms with Gasteiger partial charge in [0.2, 0.25) is 0 Å². The molecule has 0 atom stereocenters. The van der Waals surface area contributed by atoms with Crippen LogP contribution in [-0.2, 0) is 13.0 Å². The van der Waals surface area contributed by atoms with Crippen molar-refractivity contribution < 1.29 is 0 Å². The van der Waals surface area contributed by atoms with Gasteiger partial charge in [-0.25, -0.2) is 4.98 Å². The number of H-pyrrole nitrogens is 1. The van der Waals surface area contributed by atoms with Gasteiger partial charge in [-0.05, 0) is 36.6 Å². The van der Waals surface area contributed by atoms with Crippen molar-refractivity contribution in [2.75, 3.05) is 13.1 Å². The highest BCUT2D eigenvalue weighted by atomic mass is 32.1. The van der Waals surface area contributed by atoms with Crippen LogP contribution in [0.5, 0.6) is 0 Å². The number of thiophene rings is 1. The molecule has 1 N–H and O–H groups in total. The van der Waals surface area contributed by atoms with E-state index in [0.717, 1.165) is 47.4 Å². The van der Waals surface area contributed by atoms with E-state index in [-0.39, 0.29) is 5.56 Å². The van der Waals surface area contributed by atoms with E-state index >= 15 is 0 Å². The Kier molecular flexibility index (Phi) is 2.97. The molecule has 2 aromatic heterocycles. The molecular weight excluding hydrogens is 270 g/mol. The van der Waals surface area contributed by atoms with Crippen molar-refractivity contribution in [1.82, 2.24) is 14.9 Å². The van der Waals surface area contributed by atoms with Crippen LogP contribution in [0.3, 0.4) is 0 Å². The molecule has 4 rings (SSSR count). The maximum absolute atomic E-state index is 12.2. The Balaban J connectivity index is 1.67. The lowest BCUT2D eigenvalue weighted by Crippen LogP contribution is -2.36.